The van der Waals surface area contributed by atoms with Crippen LogP contribution < -0.4 is 15.7 Å². The number of benzene rings is 1. The van der Waals surface area contributed by atoms with Crippen molar-refractivity contribution in [1.29, 1.82) is 0 Å². The maximum absolute atomic E-state index is 12.2. The van der Waals surface area contributed by atoms with Gasteiger partial charge < -0.3 is 10.1 Å². The summed E-state index contributed by atoms with van der Waals surface area (Å²) in [5, 5.41) is 7.72. The molecule has 7 nitrogen and oxygen atoms in total. The van der Waals surface area contributed by atoms with Crippen LogP contribution in [-0.2, 0) is 19.5 Å². The molecule has 26 heavy (non-hydrogen) atoms. The van der Waals surface area contributed by atoms with E-state index < -0.39 is 0 Å². The van der Waals surface area contributed by atoms with E-state index >= 15 is 0 Å². The number of carbonyl (C=O) groups excluding carboxylic acids is 1. The first-order valence-corrected chi connectivity index (χ1v) is 9.24. The second-order valence-electron chi connectivity index (χ2n) is 6.11. The molecule has 9 heteroatoms. The Hall–Kier alpha value is -1.99. The van der Waals surface area contributed by atoms with Crippen molar-refractivity contribution in [3.05, 3.63) is 44.1 Å². The predicted molar refractivity (Wildman–Crippen MR) is 99.4 cm³/mol. The van der Waals surface area contributed by atoms with Gasteiger partial charge in [-0.2, -0.15) is 5.10 Å². The van der Waals surface area contributed by atoms with E-state index in [4.69, 9.17) is 27.9 Å². The van der Waals surface area contributed by atoms with Crippen molar-refractivity contribution >= 4 is 29.1 Å². The van der Waals surface area contributed by atoms with Gasteiger partial charge in [0.1, 0.15) is 5.82 Å². The SMILES string of the molecule is COc1c(Cl)cc(C(=O)NCCCn2nc3n(c2=O)CCCC3)cc1Cl. The number of amides is 1. The molecule has 0 saturated carbocycles. The first-order chi connectivity index (χ1) is 12.5. The van der Waals surface area contributed by atoms with Crippen LogP contribution in [-0.4, -0.2) is 33.9 Å². The lowest BCUT2D eigenvalue weighted by atomic mass is 10.2. The van der Waals surface area contributed by atoms with Crippen LogP contribution in [0.2, 0.25) is 10.0 Å². The van der Waals surface area contributed by atoms with Gasteiger partial charge in [0.25, 0.3) is 5.91 Å². The number of rotatable bonds is 6. The lowest BCUT2D eigenvalue weighted by Crippen LogP contribution is -2.29. The zero-order chi connectivity index (χ0) is 18.7. The van der Waals surface area contributed by atoms with Crippen molar-refractivity contribution in [1.82, 2.24) is 19.7 Å². The number of nitrogens with zero attached hydrogens (tertiary/aromatic N) is 3. The highest BCUT2D eigenvalue weighted by Crippen LogP contribution is 2.33. The van der Waals surface area contributed by atoms with Gasteiger partial charge >= 0.3 is 5.69 Å². The predicted octanol–water partition coefficient (Wildman–Crippen LogP) is 2.52. The van der Waals surface area contributed by atoms with Crippen LogP contribution >= 0.6 is 23.2 Å². The molecule has 2 aromatic rings. The minimum Gasteiger partial charge on any atom is -0.494 e. The Labute approximate surface area is 160 Å². The van der Waals surface area contributed by atoms with Gasteiger partial charge in [0.05, 0.1) is 17.2 Å². The molecule has 140 valence electrons. The highest BCUT2D eigenvalue weighted by molar-refractivity contribution is 6.37. The largest absolute Gasteiger partial charge is 0.494 e. The molecule has 1 aliphatic rings. The highest BCUT2D eigenvalue weighted by atomic mass is 35.5. The molecule has 3 rings (SSSR count). The smallest absolute Gasteiger partial charge is 0.345 e. The summed E-state index contributed by atoms with van der Waals surface area (Å²) in [5.41, 5.74) is 0.287. The molecule has 0 fully saturated rings. The highest BCUT2D eigenvalue weighted by Gasteiger charge is 2.16. The molecular weight excluding hydrogens is 379 g/mol. The van der Waals surface area contributed by atoms with E-state index in [1.807, 2.05) is 0 Å². The zero-order valence-corrected chi connectivity index (χ0v) is 15.9. The van der Waals surface area contributed by atoms with E-state index in [0.29, 0.717) is 30.8 Å². The van der Waals surface area contributed by atoms with Crippen molar-refractivity contribution in [3.63, 3.8) is 0 Å². The molecule has 0 aliphatic carbocycles. The molecule has 0 spiro atoms. The average molecular weight is 399 g/mol. The number of aryl methyl sites for hydroxylation is 2. The fourth-order valence-corrected chi connectivity index (χ4v) is 3.65. The van der Waals surface area contributed by atoms with Crippen LogP contribution in [0, 0.1) is 0 Å². The van der Waals surface area contributed by atoms with Crippen LogP contribution in [0.15, 0.2) is 16.9 Å². The third-order valence-electron chi connectivity index (χ3n) is 4.33. The Morgan fingerprint density at radius 3 is 2.69 bits per heavy atom. The topological polar surface area (TPSA) is 78.2 Å². The first kappa shape index (κ1) is 18.8. The van der Waals surface area contributed by atoms with E-state index in [-0.39, 0.29) is 21.6 Å². The third-order valence-corrected chi connectivity index (χ3v) is 4.89. The number of hydrogen-bond donors (Lipinski definition) is 1. The van der Waals surface area contributed by atoms with Gasteiger partial charge in [0.2, 0.25) is 0 Å². The van der Waals surface area contributed by atoms with Crippen molar-refractivity contribution in [3.8, 4) is 5.75 Å². The summed E-state index contributed by atoms with van der Waals surface area (Å²) in [4.78, 5) is 24.5. The molecule has 1 aromatic heterocycles. The van der Waals surface area contributed by atoms with E-state index in [2.05, 4.69) is 10.4 Å². The van der Waals surface area contributed by atoms with Gasteiger partial charge in [-0.15, -0.1) is 0 Å². The minimum atomic E-state index is -0.284. The van der Waals surface area contributed by atoms with Crippen LogP contribution in [0.3, 0.4) is 0 Å². The van der Waals surface area contributed by atoms with Crippen molar-refractivity contribution in [2.75, 3.05) is 13.7 Å². The van der Waals surface area contributed by atoms with Crippen molar-refractivity contribution < 1.29 is 9.53 Å². The van der Waals surface area contributed by atoms with Crippen LogP contribution in [0.1, 0.15) is 35.4 Å². The van der Waals surface area contributed by atoms with E-state index in [1.54, 1.807) is 4.57 Å². The molecule has 1 N–H and O–H groups in total. The lowest BCUT2D eigenvalue weighted by Gasteiger charge is -2.09. The molecule has 0 saturated heterocycles. The Kier molecular flexibility index (Phi) is 5.88. The van der Waals surface area contributed by atoms with Crippen LogP contribution in [0.25, 0.3) is 0 Å². The Balaban J connectivity index is 1.55. The van der Waals surface area contributed by atoms with Gasteiger partial charge in [-0.05, 0) is 31.4 Å². The van der Waals surface area contributed by atoms with Gasteiger partial charge in [-0.25, -0.2) is 9.48 Å². The molecule has 2 heterocycles. The fraction of sp³-hybridized carbons (Fsp3) is 0.471. The molecule has 0 bridgehead atoms. The third kappa shape index (κ3) is 3.88. The van der Waals surface area contributed by atoms with E-state index in [0.717, 1.165) is 31.6 Å². The fourth-order valence-electron chi connectivity index (χ4n) is 3.01. The number of fused-ring (bicyclic) bond motifs is 1. The molecule has 1 amide bonds. The number of ether oxygens (including phenoxy) is 1. The van der Waals surface area contributed by atoms with E-state index in [1.165, 1.54) is 23.9 Å². The quantitative estimate of drug-likeness (QED) is 0.758. The maximum atomic E-state index is 12.2. The summed E-state index contributed by atoms with van der Waals surface area (Å²) >= 11 is 12.1. The van der Waals surface area contributed by atoms with Gasteiger partial charge in [-0.1, -0.05) is 23.2 Å². The summed E-state index contributed by atoms with van der Waals surface area (Å²) in [7, 11) is 1.46. The summed E-state index contributed by atoms with van der Waals surface area (Å²) in [6.07, 6.45) is 3.53. The van der Waals surface area contributed by atoms with Gasteiger partial charge in [0.15, 0.2) is 5.75 Å². The second kappa shape index (κ2) is 8.14. The lowest BCUT2D eigenvalue weighted by molar-refractivity contribution is 0.0952. The zero-order valence-electron chi connectivity index (χ0n) is 14.4. The summed E-state index contributed by atoms with van der Waals surface area (Å²) in [6.45, 7) is 1.61. The number of nitrogens with one attached hydrogen (secondary N) is 1. The minimum absolute atomic E-state index is 0.0697. The monoisotopic (exact) mass is 398 g/mol. The van der Waals surface area contributed by atoms with Crippen LogP contribution in [0.4, 0.5) is 0 Å². The second-order valence-corrected chi connectivity index (χ2v) is 6.93. The molecule has 1 aromatic carbocycles. The number of aromatic nitrogens is 3. The number of halogens is 2. The van der Waals surface area contributed by atoms with Gasteiger partial charge in [-0.3, -0.25) is 9.36 Å². The maximum Gasteiger partial charge on any atom is 0.345 e. The molecule has 1 aliphatic heterocycles. The van der Waals surface area contributed by atoms with Crippen LogP contribution in [0.5, 0.6) is 5.75 Å². The van der Waals surface area contributed by atoms with E-state index in [9.17, 15) is 9.59 Å². The normalized spacial score (nSPS) is 13.3. The molecule has 0 radical (unpaired) electrons. The Morgan fingerprint density at radius 1 is 1.31 bits per heavy atom. The van der Waals surface area contributed by atoms with Gasteiger partial charge in [0, 0.05) is 31.6 Å². The molecular formula is C17H20Cl2N4O3. The standard InChI is InChI=1S/C17H20Cl2N4O3/c1-26-15-12(18)9-11(10-13(15)19)16(24)20-6-4-8-23-17(25)22-7-3-2-5-14(22)21-23/h9-10H,2-8H2,1H3,(H,20,24). The van der Waals surface area contributed by atoms with Crippen molar-refractivity contribution in [2.45, 2.75) is 38.8 Å². The summed E-state index contributed by atoms with van der Waals surface area (Å²) < 4.78 is 8.29. The summed E-state index contributed by atoms with van der Waals surface area (Å²) in [5.74, 6) is 0.911. The Bertz CT molecular complexity index is 852. The molecule has 0 atom stereocenters. The Morgan fingerprint density at radius 2 is 2.04 bits per heavy atom. The first-order valence-electron chi connectivity index (χ1n) is 8.49. The number of carbonyl (C=O) groups is 1. The number of hydrogen-bond acceptors (Lipinski definition) is 4. The average Bonchev–Trinajstić information content (AvgIpc) is 2.94. The summed E-state index contributed by atoms with van der Waals surface area (Å²) in [6, 6.07) is 3.02. The molecule has 0 unspecified atom stereocenters. The number of methoxy groups -OCH3 is 1. The van der Waals surface area contributed by atoms with Crippen molar-refractivity contribution in [2.24, 2.45) is 0 Å².